The van der Waals surface area contributed by atoms with Gasteiger partial charge in [0.15, 0.2) is 0 Å². The summed E-state index contributed by atoms with van der Waals surface area (Å²) in [5, 5.41) is 3.75. The van der Waals surface area contributed by atoms with Gasteiger partial charge in [-0.05, 0) is 47.9 Å². The molecule has 0 aliphatic rings. The summed E-state index contributed by atoms with van der Waals surface area (Å²) in [5.41, 5.74) is 1.63. The highest BCUT2D eigenvalue weighted by molar-refractivity contribution is 7.92. The number of sulfonamides is 1. The predicted octanol–water partition coefficient (Wildman–Crippen LogP) is 5.98. The Bertz CT molecular complexity index is 1490. The number of hydrogen-bond acceptors (Lipinski definition) is 5. The minimum Gasteiger partial charge on any atom is -0.495 e. The molecule has 0 aliphatic carbocycles. The van der Waals surface area contributed by atoms with Gasteiger partial charge >= 0.3 is 0 Å². The SMILES string of the molecule is CCCCNC(=O)[C@@H](Cc1ccccc1)N(Cc1ccc(Cl)c(Cl)c1)C(=O)CN(c1ccc(OC)c(Cl)c1)S(C)(=O)=O. The highest BCUT2D eigenvalue weighted by atomic mass is 35.5. The second kappa shape index (κ2) is 15.5. The van der Waals surface area contributed by atoms with Gasteiger partial charge in [-0.2, -0.15) is 0 Å². The number of rotatable bonds is 14. The molecule has 42 heavy (non-hydrogen) atoms. The molecule has 226 valence electrons. The molecule has 0 saturated heterocycles. The molecule has 2 amide bonds. The molecule has 0 heterocycles. The molecule has 0 aromatic heterocycles. The van der Waals surface area contributed by atoms with Crippen molar-refractivity contribution in [3.8, 4) is 5.75 Å². The molecule has 3 aromatic carbocycles. The summed E-state index contributed by atoms with van der Waals surface area (Å²) >= 11 is 18.7. The first-order chi connectivity index (χ1) is 19.9. The molecule has 8 nitrogen and oxygen atoms in total. The Hall–Kier alpha value is -2.98. The maximum atomic E-state index is 14.1. The van der Waals surface area contributed by atoms with Crippen molar-refractivity contribution in [2.75, 3.05) is 30.8 Å². The molecule has 12 heteroatoms. The van der Waals surface area contributed by atoms with Crippen molar-refractivity contribution < 1.29 is 22.7 Å². The normalized spacial score (nSPS) is 12.0. The molecule has 0 spiro atoms. The third-order valence-corrected chi connectivity index (χ3v) is 8.72. The van der Waals surface area contributed by atoms with Crippen molar-refractivity contribution in [1.29, 1.82) is 0 Å². The lowest BCUT2D eigenvalue weighted by Crippen LogP contribution is -2.53. The lowest BCUT2D eigenvalue weighted by Gasteiger charge is -2.33. The van der Waals surface area contributed by atoms with E-state index in [0.29, 0.717) is 27.9 Å². The van der Waals surface area contributed by atoms with Crippen LogP contribution in [0.4, 0.5) is 5.69 Å². The van der Waals surface area contributed by atoms with Crippen molar-refractivity contribution >= 4 is 62.3 Å². The number of halogens is 3. The molecule has 1 N–H and O–H groups in total. The van der Waals surface area contributed by atoms with Crippen LogP contribution in [0.3, 0.4) is 0 Å². The second-order valence-electron chi connectivity index (χ2n) is 9.71. The van der Waals surface area contributed by atoms with Crippen molar-refractivity contribution in [3.63, 3.8) is 0 Å². The Morgan fingerprint density at radius 2 is 1.64 bits per heavy atom. The molecule has 0 bridgehead atoms. The van der Waals surface area contributed by atoms with E-state index in [4.69, 9.17) is 39.5 Å². The number of hydrogen-bond donors (Lipinski definition) is 1. The Morgan fingerprint density at radius 3 is 2.24 bits per heavy atom. The van der Waals surface area contributed by atoms with E-state index >= 15 is 0 Å². The van der Waals surface area contributed by atoms with Crippen molar-refractivity contribution in [2.45, 2.75) is 38.8 Å². The maximum absolute atomic E-state index is 14.1. The Labute approximate surface area is 262 Å². The smallest absolute Gasteiger partial charge is 0.244 e. The number of anilines is 1. The molecule has 3 aromatic rings. The Balaban J connectivity index is 2.06. The fraction of sp³-hybridized carbons (Fsp3) is 0.333. The van der Waals surface area contributed by atoms with Gasteiger partial charge in [0.05, 0.1) is 34.1 Å². The van der Waals surface area contributed by atoms with Crippen LogP contribution in [0.25, 0.3) is 0 Å². The number of methoxy groups -OCH3 is 1. The second-order valence-corrected chi connectivity index (χ2v) is 12.8. The number of nitrogens with one attached hydrogen (secondary N) is 1. The van der Waals surface area contributed by atoms with Crippen LogP contribution < -0.4 is 14.4 Å². The van der Waals surface area contributed by atoms with Crippen molar-refractivity contribution in [1.82, 2.24) is 10.2 Å². The van der Waals surface area contributed by atoms with Gasteiger partial charge < -0.3 is 15.0 Å². The van der Waals surface area contributed by atoms with E-state index in [1.165, 1.54) is 30.2 Å². The number of ether oxygens (including phenoxy) is 1. The quantitative estimate of drug-likeness (QED) is 0.216. The Kier molecular flexibility index (Phi) is 12.4. The summed E-state index contributed by atoms with van der Waals surface area (Å²) in [7, 11) is -2.50. The minimum atomic E-state index is -3.94. The summed E-state index contributed by atoms with van der Waals surface area (Å²) in [6.07, 6.45) is 2.85. The first-order valence-electron chi connectivity index (χ1n) is 13.3. The lowest BCUT2D eigenvalue weighted by molar-refractivity contribution is -0.140. The molecule has 0 saturated carbocycles. The number of carbonyl (C=O) groups excluding carboxylic acids is 2. The summed E-state index contributed by atoms with van der Waals surface area (Å²) in [4.78, 5) is 29.1. The summed E-state index contributed by atoms with van der Waals surface area (Å²) in [5.74, 6) is -0.586. The summed E-state index contributed by atoms with van der Waals surface area (Å²) < 4.78 is 32.0. The van der Waals surface area contributed by atoms with E-state index in [0.717, 1.165) is 29.0 Å². The number of amides is 2. The zero-order valence-electron chi connectivity index (χ0n) is 23.6. The van der Waals surface area contributed by atoms with Crippen LogP contribution in [0.2, 0.25) is 15.1 Å². The van der Waals surface area contributed by atoms with Gasteiger partial charge in [0.1, 0.15) is 18.3 Å². The van der Waals surface area contributed by atoms with E-state index in [2.05, 4.69) is 5.32 Å². The van der Waals surface area contributed by atoms with Crippen LogP contribution >= 0.6 is 34.8 Å². The average molecular weight is 655 g/mol. The predicted molar refractivity (Wildman–Crippen MR) is 169 cm³/mol. The van der Waals surface area contributed by atoms with E-state index in [9.17, 15) is 18.0 Å². The first kappa shape index (κ1) is 33.5. The minimum absolute atomic E-state index is 0.0185. The number of nitrogens with zero attached hydrogens (tertiary/aromatic N) is 2. The third-order valence-electron chi connectivity index (χ3n) is 6.54. The summed E-state index contributed by atoms with van der Waals surface area (Å²) in [6.45, 7) is 1.86. The van der Waals surface area contributed by atoms with Gasteiger partial charge in [-0.15, -0.1) is 0 Å². The molecular weight excluding hydrogens is 621 g/mol. The van der Waals surface area contributed by atoms with Gasteiger partial charge in [-0.3, -0.25) is 13.9 Å². The molecule has 0 fully saturated rings. The van der Waals surface area contributed by atoms with Crippen LogP contribution in [0.15, 0.2) is 66.7 Å². The number of benzene rings is 3. The zero-order valence-corrected chi connectivity index (χ0v) is 26.7. The first-order valence-corrected chi connectivity index (χ1v) is 16.3. The molecule has 1 atom stereocenters. The van der Waals surface area contributed by atoms with Crippen molar-refractivity contribution in [2.24, 2.45) is 0 Å². The van der Waals surface area contributed by atoms with Gasteiger partial charge in [0.2, 0.25) is 21.8 Å². The monoisotopic (exact) mass is 653 g/mol. The van der Waals surface area contributed by atoms with Gasteiger partial charge in [0.25, 0.3) is 0 Å². The number of carbonyl (C=O) groups is 2. The lowest BCUT2D eigenvalue weighted by atomic mass is 10.0. The average Bonchev–Trinajstić information content (AvgIpc) is 2.95. The van der Waals surface area contributed by atoms with Crippen molar-refractivity contribution in [3.05, 3.63) is 92.9 Å². The van der Waals surface area contributed by atoms with Crippen LogP contribution in [0, 0.1) is 0 Å². The fourth-order valence-electron chi connectivity index (χ4n) is 4.32. The van der Waals surface area contributed by atoms with Gasteiger partial charge in [-0.25, -0.2) is 8.42 Å². The van der Waals surface area contributed by atoms with Crippen LogP contribution in [-0.2, 0) is 32.6 Å². The molecule has 3 rings (SSSR count). The summed E-state index contributed by atoms with van der Waals surface area (Å²) in [6, 6.07) is 17.7. The van der Waals surface area contributed by atoms with E-state index < -0.39 is 28.5 Å². The maximum Gasteiger partial charge on any atom is 0.244 e. The standard InChI is InChI=1S/C30H34Cl3N3O5S/c1-4-5-15-34-30(38)27(17-21-9-7-6-8-10-21)35(19-22-11-13-24(31)25(32)16-22)29(37)20-36(42(3,39)40)23-12-14-28(41-2)26(33)18-23/h6-14,16,18,27H,4-5,15,17,19-20H2,1-3H3,(H,34,38)/t27-/m1/s1. The zero-order chi connectivity index (χ0) is 30.9. The van der Waals surface area contributed by atoms with E-state index in [1.807, 2.05) is 37.3 Å². The molecule has 0 unspecified atom stereocenters. The van der Waals surface area contributed by atoms with Crippen LogP contribution in [0.1, 0.15) is 30.9 Å². The molecular formula is C30H34Cl3N3O5S. The number of unbranched alkanes of at least 4 members (excludes halogenated alkanes) is 1. The fourth-order valence-corrected chi connectivity index (χ4v) is 5.73. The highest BCUT2D eigenvalue weighted by Crippen LogP contribution is 2.31. The van der Waals surface area contributed by atoms with E-state index in [1.54, 1.807) is 18.2 Å². The topological polar surface area (TPSA) is 96.0 Å². The molecule has 0 radical (unpaired) electrons. The van der Waals surface area contributed by atoms with Crippen LogP contribution in [0.5, 0.6) is 5.75 Å². The highest BCUT2D eigenvalue weighted by Gasteiger charge is 2.33. The molecule has 0 aliphatic heterocycles. The largest absolute Gasteiger partial charge is 0.495 e. The van der Waals surface area contributed by atoms with Gasteiger partial charge in [-0.1, -0.05) is 84.5 Å². The third kappa shape index (κ3) is 9.26. The Morgan fingerprint density at radius 1 is 0.929 bits per heavy atom. The van der Waals surface area contributed by atoms with E-state index in [-0.39, 0.29) is 29.6 Å². The van der Waals surface area contributed by atoms with Gasteiger partial charge in [0, 0.05) is 19.5 Å². The van der Waals surface area contributed by atoms with Crippen LogP contribution in [-0.4, -0.2) is 57.6 Å².